The van der Waals surface area contributed by atoms with Crippen molar-refractivity contribution in [3.63, 3.8) is 0 Å². The van der Waals surface area contributed by atoms with Crippen molar-refractivity contribution in [3.05, 3.63) is 65.0 Å². The Morgan fingerprint density at radius 1 is 1.23 bits per heavy atom. The van der Waals surface area contributed by atoms with Crippen molar-refractivity contribution >= 4 is 5.97 Å². The minimum atomic E-state index is -0.751. The molecule has 4 rings (SSSR count). The number of carboxylic acid groups (broad SMARTS) is 1. The SMILES string of the molecule is CCc1oc(-c2ccc(O)cc2)nc1CCOc1ccc2c(c1)CCC2CC(=O)O. The van der Waals surface area contributed by atoms with Crippen molar-refractivity contribution < 1.29 is 24.2 Å². The largest absolute Gasteiger partial charge is 0.508 e. The number of benzene rings is 2. The molecule has 0 radical (unpaired) electrons. The van der Waals surface area contributed by atoms with Crippen molar-refractivity contribution in [2.45, 2.75) is 44.9 Å². The molecule has 30 heavy (non-hydrogen) atoms. The van der Waals surface area contributed by atoms with E-state index in [0.717, 1.165) is 47.6 Å². The molecule has 0 saturated heterocycles. The number of phenols is 1. The van der Waals surface area contributed by atoms with Crippen LogP contribution in [0.2, 0.25) is 0 Å². The van der Waals surface area contributed by atoms with Crippen LogP contribution in [0.25, 0.3) is 11.5 Å². The van der Waals surface area contributed by atoms with Crippen LogP contribution in [0.1, 0.15) is 48.3 Å². The molecule has 0 bridgehead atoms. The van der Waals surface area contributed by atoms with Crippen LogP contribution in [0.3, 0.4) is 0 Å². The second-order valence-electron chi connectivity index (χ2n) is 7.58. The van der Waals surface area contributed by atoms with E-state index >= 15 is 0 Å². The summed E-state index contributed by atoms with van der Waals surface area (Å²) in [6.07, 6.45) is 3.32. The maximum atomic E-state index is 11.0. The van der Waals surface area contributed by atoms with E-state index in [1.165, 1.54) is 5.56 Å². The summed E-state index contributed by atoms with van der Waals surface area (Å²) in [5.74, 6) is 1.74. The minimum Gasteiger partial charge on any atom is -0.508 e. The number of aryl methyl sites for hydroxylation is 2. The maximum absolute atomic E-state index is 11.0. The van der Waals surface area contributed by atoms with Crippen molar-refractivity contribution in [2.75, 3.05) is 6.61 Å². The summed E-state index contributed by atoms with van der Waals surface area (Å²) in [6, 6.07) is 12.7. The van der Waals surface area contributed by atoms with Gasteiger partial charge in [0.2, 0.25) is 5.89 Å². The molecule has 0 saturated carbocycles. The van der Waals surface area contributed by atoms with Crippen LogP contribution < -0.4 is 4.74 Å². The summed E-state index contributed by atoms with van der Waals surface area (Å²) in [6.45, 7) is 2.51. The van der Waals surface area contributed by atoms with E-state index in [4.69, 9.17) is 14.3 Å². The second kappa shape index (κ2) is 8.61. The summed E-state index contributed by atoms with van der Waals surface area (Å²) < 4.78 is 11.9. The standard InChI is InChI=1S/C24H25NO5/c1-2-22-21(25-24(30-22)15-5-7-18(26)8-6-15)11-12-29-19-9-10-20-16(13-19)3-4-17(20)14-23(27)28/h5-10,13,17,26H,2-4,11-12,14H2,1H3,(H,27,28). The summed E-state index contributed by atoms with van der Waals surface area (Å²) in [5.41, 5.74) is 4.02. The summed E-state index contributed by atoms with van der Waals surface area (Å²) >= 11 is 0. The average Bonchev–Trinajstić information content (AvgIpc) is 3.32. The number of fused-ring (bicyclic) bond motifs is 1. The van der Waals surface area contributed by atoms with Gasteiger partial charge in [-0.1, -0.05) is 13.0 Å². The Morgan fingerprint density at radius 3 is 2.77 bits per heavy atom. The number of phenolic OH excluding ortho intramolecular Hbond substituents is 1. The van der Waals surface area contributed by atoms with E-state index in [9.17, 15) is 9.90 Å². The van der Waals surface area contributed by atoms with Gasteiger partial charge in [-0.25, -0.2) is 4.98 Å². The molecule has 6 heteroatoms. The number of hydrogen-bond donors (Lipinski definition) is 2. The number of aromatic hydroxyl groups is 1. The molecular weight excluding hydrogens is 382 g/mol. The lowest BCUT2D eigenvalue weighted by Gasteiger charge is -2.10. The Labute approximate surface area is 175 Å². The number of oxazole rings is 1. The molecule has 0 spiro atoms. The van der Waals surface area contributed by atoms with Gasteiger partial charge in [-0.05, 0) is 66.3 Å². The average molecular weight is 407 g/mol. The molecule has 0 aliphatic heterocycles. The third-order valence-corrected chi connectivity index (χ3v) is 5.56. The fraction of sp³-hybridized carbons (Fsp3) is 0.333. The first-order chi connectivity index (χ1) is 14.5. The Morgan fingerprint density at radius 2 is 2.03 bits per heavy atom. The Bertz CT molecular complexity index is 1040. The number of aliphatic carboxylic acids is 1. The molecule has 3 aromatic rings. The molecule has 0 fully saturated rings. The molecule has 2 aromatic carbocycles. The van der Waals surface area contributed by atoms with Crippen LogP contribution >= 0.6 is 0 Å². The maximum Gasteiger partial charge on any atom is 0.303 e. The number of ether oxygens (including phenoxy) is 1. The molecule has 1 aliphatic rings. The molecule has 2 N–H and O–H groups in total. The van der Waals surface area contributed by atoms with Crippen LogP contribution in [-0.4, -0.2) is 27.8 Å². The predicted octanol–water partition coefficient (Wildman–Crippen LogP) is 4.74. The van der Waals surface area contributed by atoms with E-state index in [2.05, 4.69) is 4.98 Å². The molecular formula is C24H25NO5. The third kappa shape index (κ3) is 4.32. The number of nitrogens with zero attached hydrogens (tertiary/aromatic N) is 1. The van der Waals surface area contributed by atoms with Crippen molar-refractivity contribution in [1.82, 2.24) is 4.98 Å². The van der Waals surface area contributed by atoms with E-state index in [-0.39, 0.29) is 18.1 Å². The lowest BCUT2D eigenvalue weighted by molar-refractivity contribution is -0.137. The normalized spacial score (nSPS) is 15.2. The van der Waals surface area contributed by atoms with Crippen LogP contribution in [0.5, 0.6) is 11.5 Å². The zero-order chi connectivity index (χ0) is 21.1. The fourth-order valence-corrected chi connectivity index (χ4v) is 4.04. The molecule has 156 valence electrons. The second-order valence-corrected chi connectivity index (χ2v) is 7.58. The number of rotatable bonds is 8. The number of carbonyl (C=O) groups is 1. The first-order valence-corrected chi connectivity index (χ1v) is 10.3. The van der Waals surface area contributed by atoms with E-state index in [1.54, 1.807) is 24.3 Å². The van der Waals surface area contributed by atoms with Gasteiger partial charge >= 0.3 is 5.97 Å². The molecule has 1 atom stereocenters. The Kier molecular flexibility index (Phi) is 5.74. The monoisotopic (exact) mass is 407 g/mol. The smallest absolute Gasteiger partial charge is 0.303 e. The van der Waals surface area contributed by atoms with Crippen molar-refractivity contribution in [3.8, 4) is 23.0 Å². The quantitative estimate of drug-likeness (QED) is 0.560. The predicted molar refractivity (Wildman–Crippen MR) is 112 cm³/mol. The zero-order valence-corrected chi connectivity index (χ0v) is 16.9. The minimum absolute atomic E-state index is 0.104. The lowest BCUT2D eigenvalue weighted by atomic mass is 9.98. The highest BCUT2D eigenvalue weighted by atomic mass is 16.5. The third-order valence-electron chi connectivity index (χ3n) is 5.56. The highest BCUT2D eigenvalue weighted by molar-refractivity contribution is 5.68. The van der Waals surface area contributed by atoms with E-state index in [1.807, 2.05) is 25.1 Å². The number of carboxylic acids is 1. The first kappa shape index (κ1) is 20.0. The molecule has 0 amide bonds. The fourth-order valence-electron chi connectivity index (χ4n) is 4.04. The van der Waals surface area contributed by atoms with Gasteiger partial charge in [-0.15, -0.1) is 0 Å². The van der Waals surface area contributed by atoms with Gasteiger partial charge in [0.1, 0.15) is 17.3 Å². The number of hydrogen-bond acceptors (Lipinski definition) is 5. The first-order valence-electron chi connectivity index (χ1n) is 10.3. The molecule has 1 aliphatic carbocycles. The summed E-state index contributed by atoms with van der Waals surface area (Å²) in [7, 11) is 0. The van der Waals surface area contributed by atoms with Gasteiger partial charge in [-0.3, -0.25) is 4.79 Å². The number of aromatic nitrogens is 1. The van der Waals surface area contributed by atoms with Crippen LogP contribution in [0.4, 0.5) is 0 Å². The van der Waals surface area contributed by atoms with Crippen LogP contribution in [0, 0.1) is 0 Å². The van der Waals surface area contributed by atoms with Gasteiger partial charge < -0.3 is 19.4 Å². The highest BCUT2D eigenvalue weighted by Gasteiger charge is 2.25. The van der Waals surface area contributed by atoms with E-state index < -0.39 is 5.97 Å². The zero-order valence-electron chi connectivity index (χ0n) is 16.9. The summed E-state index contributed by atoms with van der Waals surface area (Å²) in [4.78, 5) is 15.6. The van der Waals surface area contributed by atoms with Crippen molar-refractivity contribution in [2.24, 2.45) is 0 Å². The Hall–Kier alpha value is -3.28. The van der Waals surface area contributed by atoms with Gasteiger partial charge in [0.15, 0.2) is 0 Å². The van der Waals surface area contributed by atoms with Crippen LogP contribution in [-0.2, 0) is 24.1 Å². The lowest BCUT2D eigenvalue weighted by Crippen LogP contribution is -2.05. The van der Waals surface area contributed by atoms with E-state index in [0.29, 0.717) is 18.9 Å². The Balaban J connectivity index is 1.40. The molecule has 1 unspecified atom stereocenters. The molecule has 6 nitrogen and oxygen atoms in total. The van der Waals surface area contributed by atoms with Crippen LogP contribution in [0.15, 0.2) is 46.9 Å². The van der Waals surface area contributed by atoms with Crippen molar-refractivity contribution in [1.29, 1.82) is 0 Å². The summed E-state index contributed by atoms with van der Waals surface area (Å²) in [5, 5.41) is 18.5. The highest BCUT2D eigenvalue weighted by Crippen LogP contribution is 2.37. The molecule has 1 aromatic heterocycles. The van der Waals surface area contributed by atoms with Gasteiger partial charge in [0.05, 0.1) is 18.7 Å². The topological polar surface area (TPSA) is 92.8 Å². The van der Waals surface area contributed by atoms with Gasteiger partial charge in [0.25, 0.3) is 0 Å². The molecule has 1 heterocycles. The van der Waals surface area contributed by atoms with Gasteiger partial charge in [-0.2, -0.15) is 0 Å². The van der Waals surface area contributed by atoms with Gasteiger partial charge in [0, 0.05) is 18.4 Å².